The third-order valence-electron chi connectivity index (χ3n) is 3.39. The summed E-state index contributed by atoms with van der Waals surface area (Å²) in [6.45, 7) is 0.787. The number of alkyl halides is 2. The van der Waals surface area contributed by atoms with Gasteiger partial charge in [-0.2, -0.15) is 8.78 Å². The summed E-state index contributed by atoms with van der Waals surface area (Å²) in [5, 5.41) is 6.91. The largest absolute Gasteiger partial charge is 0.354 e. The lowest BCUT2D eigenvalue weighted by Gasteiger charge is -2.24. The van der Waals surface area contributed by atoms with E-state index in [0.29, 0.717) is 21.8 Å². The molecule has 0 aromatic heterocycles. The van der Waals surface area contributed by atoms with Gasteiger partial charge >= 0.3 is 0 Å². The van der Waals surface area contributed by atoms with Gasteiger partial charge in [-0.15, -0.1) is 0 Å². The number of benzene rings is 2. The molecule has 1 atom stereocenters. The second-order valence-electron chi connectivity index (χ2n) is 5.73. The van der Waals surface area contributed by atoms with Gasteiger partial charge in [-0.05, 0) is 56.1 Å². The van der Waals surface area contributed by atoms with Crippen LogP contribution < -0.4 is 10.6 Å². The monoisotopic (exact) mass is 381 g/mol. The lowest BCUT2D eigenvalue weighted by atomic mass is 10.1. The van der Waals surface area contributed by atoms with E-state index in [9.17, 15) is 8.78 Å². The highest BCUT2D eigenvalue weighted by Gasteiger charge is 2.13. The highest BCUT2D eigenvalue weighted by molar-refractivity contribution is 7.99. The van der Waals surface area contributed by atoms with E-state index in [2.05, 4.69) is 27.7 Å². The van der Waals surface area contributed by atoms with Crippen LogP contribution in [0.2, 0.25) is 0 Å². The summed E-state index contributed by atoms with van der Waals surface area (Å²) in [6, 6.07) is 16.9. The van der Waals surface area contributed by atoms with Gasteiger partial charge in [0, 0.05) is 17.1 Å². The second kappa shape index (κ2) is 9.70. The van der Waals surface area contributed by atoms with E-state index in [4.69, 9.17) is 12.2 Å². The number of nitrogens with one attached hydrogen (secondary N) is 2. The maximum atomic E-state index is 12.4. The first kappa shape index (κ1) is 19.6. The Morgan fingerprint density at radius 2 is 1.72 bits per heavy atom. The van der Waals surface area contributed by atoms with Crippen molar-refractivity contribution in [3.63, 3.8) is 0 Å². The van der Waals surface area contributed by atoms with Crippen molar-refractivity contribution in [1.82, 2.24) is 10.2 Å². The Kier molecular flexibility index (Phi) is 7.61. The third-order valence-corrected chi connectivity index (χ3v) is 4.33. The van der Waals surface area contributed by atoms with Crippen LogP contribution in [0.15, 0.2) is 59.5 Å². The van der Waals surface area contributed by atoms with Crippen molar-refractivity contribution in [3.8, 4) is 0 Å². The van der Waals surface area contributed by atoms with Crippen LogP contribution in [0.4, 0.5) is 14.5 Å². The molecule has 25 heavy (non-hydrogen) atoms. The molecule has 3 nitrogen and oxygen atoms in total. The molecule has 0 unspecified atom stereocenters. The van der Waals surface area contributed by atoms with Crippen molar-refractivity contribution in [3.05, 3.63) is 60.2 Å². The molecule has 134 valence electrons. The fraction of sp³-hybridized carbons (Fsp3) is 0.278. The molecule has 0 aliphatic heterocycles. The van der Waals surface area contributed by atoms with Gasteiger partial charge in [-0.1, -0.05) is 42.1 Å². The number of likely N-dealkylation sites (N-methyl/N-ethyl adjacent to an activating group) is 1. The highest BCUT2D eigenvalue weighted by Crippen LogP contribution is 2.26. The first-order chi connectivity index (χ1) is 11.9. The van der Waals surface area contributed by atoms with Gasteiger partial charge in [-0.3, -0.25) is 0 Å². The Hall–Kier alpha value is -1.70. The maximum absolute atomic E-state index is 12.4. The molecule has 2 aromatic carbocycles. The molecule has 0 bridgehead atoms. The SMILES string of the molecule is CN(C)C[C@@H](NC(=S)Nc1ccc(SC(F)F)cc1)c1ccccc1. The number of hydrogen-bond donors (Lipinski definition) is 2. The minimum atomic E-state index is -2.42. The fourth-order valence-corrected chi connectivity index (χ4v) is 3.09. The molecule has 0 fully saturated rings. The zero-order valence-electron chi connectivity index (χ0n) is 14.1. The Labute approximate surface area is 156 Å². The summed E-state index contributed by atoms with van der Waals surface area (Å²) in [7, 11) is 4.01. The van der Waals surface area contributed by atoms with E-state index in [1.165, 1.54) is 0 Å². The third kappa shape index (κ3) is 6.97. The number of thiocarbonyl (C=S) groups is 1. The van der Waals surface area contributed by atoms with Gasteiger partial charge in [0.05, 0.1) is 6.04 Å². The van der Waals surface area contributed by atoms with Crippen LogP contribution >= 0.6 is 24.0 Å². The number of thioether (sulfide) groups is 1. The number of hydrogen-bond acceptors (Lipinski definition) is 3. The molecule has 0 aliphatic carbocycles. The molecule has 0 radical (unpaired) electrons. The van der Waals surface area contributed by atoms with Crippen molar-refractivity contribution in [1.29, 1.82) is 0 Å². The summed E-state index contributed by atoms with van der Waals surface area (Å²) in [6.07, 6.45) is 0. The van der Waals surface area contributed by atoms with E-state index in [-0.39, 0.29) is 6.04 Å². The van der Waals surface area contributed by atoms with Gasteiger partial charge in [0.25, 0.3) is 5.76 Å². The number of nitrogens with zero attached hydrogens (tertiary/aromatic N) is 1. The van der Waals surface area contributed by atoms with E-state index >= 15 is 0 Å². The smallest absolute Gasteiger partial charge is 0.288 e. The van der Waals surface area contributed by atoms with Crippen molar-refractivity contribution in [2.75, 3.05) is 26.0 Å². The van der Waals surface area contributed by atoms with Crippen LogP contribution in [0, 0.1) is 0 Å². The lowest BCUT2D eigenvalue weighted by molar-refractivity contribution is 0.252. The number of halogens is 2. The number of rotatable bonds is 7. The van der Waals surface area contributed by atoms with Crippen LogP contribution in [0.3, 0.4) is 0 Å². The van der Waals surface area contributed by atoms with Gasteiger partial charge in [0.15, 0.2) is 5.11 Å². The first-order valence-corrected chi connectivity index (χ1v) is 9.05. The average Bonchev–Trinajstić information content (AvgIpc) is 2.56. The fourth-order valence-electron chi connectivity index (χ4n) is 2.33. The Bertz CT molecular complexity index is 664. The molecule has 2 N–H and O–H groups in total. The minimum absolute atomic E-state index is 0.0462. The zero-order valence-corrected chi connectivity index (χ0v) is 15.7. The minimum Gasteiger partial charge on any atom is -0.354 e. The molecule has 0 spiro atoms. The maximum Gasteiger partial charge on any atom is 0.288 e. The molecular formula is C18H21F2N3S2. The topological polar surface area (TPSA) is 27.3 Å². The normalized spacial score (nSPS) is 12.2. The quantitative estimate of drug-likeness (QED) is 0.540. The summed E-state index contributed by atoms with van der Waals surface area (Å²) >= 11 is 5.93. The van der Waals surface area contributed by atoms with E-state index in [1.807, 2.05) is 32.3 Å². The Balaban J connectivity index is 1.98. The Morgan fingerprint density at radius 1 is 1.08 bits per heavy atom. The molecule has 2 rings (SSSR count). The molecule has 0 heterocycles. The van der Waals surface area contributed by atoms with Crippen molar-refractivity contribution < 1.29 is 8.78 Å². The van der Waals surface area contributed by atoms with E-state index in [0.717, 1.165) is 17.8 Å². The van der Waals surface area contributed by atoms with Crippen LogP contribution in [-0.4, -0.2) is 36.4 Å². The molecular weight excluding hydrogens is 360 g/mol. The van der Waals surface area contributed by atoms with Gasteiger partial charge in [0.2, 0.25) is 0 Å². The standard InChI is InChI=1S/C18H21F2N3S2/c1-23(2)12-16(13-6-4-3-5-7-13)22-18(24)21-14-8-10-15(11-9-14)25-17(19)20/h3-11,16-17H,12H2,1-2H3,(H2,21,22,24)/t16-/m1/s1. The van der Waals surface area contributed by atoms with Gasteiger partial charge in [-0.25, -0.2) is 0 Å². The molecule has 0 saturated heterocycles. The zero-order chi connectivity index (χ0) is 18.2. The number of anilines is 1. The summed E-state index contributed by atoms with van der Waals surface area (Å²) in [5.41, 5.74) is 1.90. The second-order valence-corrected chi connectivity index (χ2v) is 7.20. The molecule has 0 saturated carbocycles. The van der Waals surface area contributed by atoms with Crippen LogP contribution in [-0.2, 0) is 0 Å². The van der Waals surface area contributed by atoms with Crippen LogP contribution in [0.1, 0.15) is 11.6 Å². The van der Waals surface area contributed by atoms with Gasteiger partial charge in [0.1, 0.15) is 0 Å². The highest BCUT2D eigenvalue weighted by atomic mass is 32.2. The summed E-state index contributed by atoms with van der Waals surface area (Å²) in [4.78, 5) is 2.61. The van der Waals surface area contributed by atoms with Gasteiger partial charge < -0.3 is 15.5 Å². The summed E-state index contributed by atoms with van der Waals surface area (Å²) in [5.74, 6) is -2.42. The Morgan fingerprint density at radius 3 is 2.28 bits per heavy atom. The van der Waals surface area contributed by atoms with Crippen LogP contribution in [0.5, 0.6) is 0 Å². The predicted molar refractivity (Wildman–Crippen MR) is 105 cm³/mol. The average molecular weight is 382 g/mol. The molecule has 2 aromatic rings. The molecule has 7 heteroatoms. The summed E-state index contributed by atoms with van der Waals surface area (Å²) < 4.78 is 24.7. The van der Waals surface area contributed by atoms with Crippen molar-refractivity contribution in [2.45, 2.75) is 16.7 Å². The van der Waals surface area contributed by atoms with Crippen molar-refractivity contribution in [2.24, 2.45) is 0 Å². The van der Waals surface area contributed by atoms with E-state index < -0.39 is 5.76 Å². The first-order valence-electron chi connectivity index (χ1n) is 7.76. The molecule has 0 amide bonds. The van der Waals surface area contributed by atoms with Crippen LogP contribution in [0.25, 0.3) is 0 Å². The van der Waals surface area contributed by atoms with E-state index in [1.54, 1.807) is 24.3 Å². The van der Waals surface area contributed by atoms with Crippen molar-refractivity contribution >= 4 is 34.8 Å². The lowest BCUT2D eigenvalue weighted by Crippen LogP contribution is -2.37. The predicted octanol–water partition coefficient (Wildman–Crippen LogP) is 4.59. The molecule has 0 aliphatic rings.